The van der Waals surface area contributed by atoms with Crippen LogP contribution in [-0.4, -0.2) is 48.3 Å². The molecule has 2 fully saturated rings. The van der Waals surface area contributed by atoms with Crippen LogP contribution in [0.15, 0.2) is 24.3 Å². The monoisotopic (exact) mass is 394 g/mol. The number of carbonyl (C=O) groups is 3. The van der Waals surface area contributed by atoms with Crippen LogP contribution in [0.5, 0.6) is 0 Å². The van der Waals surface area contributed by atoms with E-state index in [1.165, 1.54) is 5.01 Å². The minimum atomic E-state index is -0.176. The number of carbonyl (C=O) groups excluding carboxylic acids is 3. The maximum absolute atomic E-state index is 13.0. The predicted molar refractivity (Wildman–Crippen MR) is 106 cm³/mol. The van der Waals surface area contributed by atoms with Gasteiger partial charge in [0.2, 0.25) is 11.8 Å². The molecule has 2 aliphatic rings. The molecule has 1 aromatic carbocycles. The summed E-state index contributed by atoms with van der Waals surface area (Å²) in [6, 6.07) is 7.16. The van der Waals surface area contributed by atoms with E-state index in [9.17, 15) is 14.4 Å². The highest BCUT2D eigenvalue weighted by Gasteiger charge is 2.27. The molecule has 3 amide bonds. The van der Waals surface area contributed by atoms with Crippen LogP contribution in [0.3, 0.4) is 0 Å². The van der Waals surface area contributed by atoms with Crippen molar-refractivity contribution in [3.05, 3.63) is 29.8 Å². The molecule has 148 valence electrons. The van der Waals surface area contributed by atoms with Crippen LogP contribution in [0.2, 0.25) is 0 Å². The number of hydrogen-bond donors (Lipinski definition) is 2. The summed E-state index contributed by atoms with van der Waals surface area (Å²) in [5.74, 6) is -0.296. The van der Waals surface area contributed by atoms with Gasteiger partial charge in [-0.15, -0.1) is 12.4 Å². The molecule has 0 saturated carbocycles. The van der Waals surface area contributed by atoms with Gasteiger partial charge in [-0.2, -0.15) is 0 Å². The Balaban J connectivity index is 0.00000261. The first-order chi connectivity index (χ1) is 12.6. The largest absolute Gasteiger partial charge is 0.336 e. The fourth-order valence-corrected chi connectivity index (χ4v) is 3.51. The van der Waals surface area contributed by atoms with Crippen molar-refractivity contribution >= 4 is 35.8 Å². The van der Waals surface area contributed by atoms with Crippen molar-refractivity contribution in [3.63, 3.8) is 0 Å². The number of hydrogen-bond acceptors (Lipinski definition) is 4. The van der Waals surface area contributed by atoms with Crippen LogP contribution in [-0.2, 0) is 9.59 Å². The number of rotatable bonds is 5. The average Bonchev–Trinajstić information content (AvgIpc) is 2.68. The van der Waals surface area contributed by atoms with Gasteiger partial charge in [-0.25, -0.2) is 5.01 Å². The zero-order valence-corrected chi connectivity index (χ0v) is 16.4. The molecule has 3 rings (SSSR count). The van der Waals surface area contributed by atoms with Gasteiger partial charge in [0, 0.05) is 31.0 Å². The summed E-state index contributed by atoms with van der Waals surface area (Å²) in [4.78, 5) is 38.5. The molecule has 0 aliphatic carbocycles. The predicted octanol–water partition coefficient (Wildman–Crippen LogP) is 1.87. The Morgan fingerprint density at radius 2 is 1.81 bits per heavy atom. The third-order valence-electron chi connectivity index (χ3n) is 4.90. The van der Waals surface area contributed by atoms with Crippen molar-refractivity contribution in [1.29, 1.82) is 0 Å². The van der Waals surface area contributed by atoms with Gasteiger partial charge in [0.05, 0.1) is 5.69 Å². The van der Waals surface area contributed by atoms with Crippen LogP contribution in [0.4, 0.5) is 5.69 Å². The highest BCUT2D eigenvalue weighted by Crippen LogP contribution is 2.21. The lowest BCUT2D eigenvalue weighted by molar-refractivity contribution is -0.130. The lowest BCUT2D eigenvalue weighted by atomic mass is 10.0. The van der Waals surface area contributed by atoms with E-state index in [1.54, 1.807) is 24.3 Å². The second kappa shape index (κ2) is 9.71. The number of halogens is 1. The van der Waals surface area contributed by atoms with E-state index in [2.05, 4.69) is 17.7 Å². The Morgan fingerprint density at radius 1 is 1.15 bits per heavy atom. The van der Waals surface area contributed by atoms with Crippen molar-refractivity contribution in [2.24, 2.45) is 0 Å². The summed E-state index contributed by atoms with van der Waals surface area (Å²) < 4.78 is 0. The SMILES string of the molecule is CCCN(C(=O)c1ccc(N2NC(=O)CCC2=O)cc1)C1CCNCC1.Cl. The van der Waals surface area contributed by atoms with Crippen LogP contribution >= 0.6 is 12.4 Å². The molecular weight excluding hydrogens is 368 g/mol. The number of nitrogens with one attached hydrogen (secondary N) is 2. The van der Waals surface area contributed by atoms with E-state index < -0.39 is 0 Å². The molecule has 2 N–H and O–H groups in total. The Labute approximate surface area is 165 Å². The van der Waals surface area contributed by atoms with Gasteiger partial charge in [0.1, 0.15) is 0 Å². The van der Waals surface area contributed by atoms with E-state index in [1.807, 2.05) is 4.90 Å². The number of nitrogens with zero attached hydrogens (tertiary/aromatic N) is 2. The van der Waals surface area contributed by atoms with E-state index in [-0.39, 0.29) is 49.0 Å². The lowest BCUT2D eigenvalue weighted by Crippen LogP contribution is -2.50. The Kier molecular flexibility index (Phi) is 7.62. The second-order valence-corrected chi connectivity index (χ2v) is 6.79. The van der Waals surface area contributed by atoms with E-state index >= 15 is 0 Å². The first-order valence-corrected chi connectivity index (χ1v) is 9.34. The molecule has 0 bridgehead atoms. The molecule has 0 spiro atoms. The summed E-state index contributed by atoms with van der Waals surface area (Å²) in [5.41, 5.74) is 3.75. The highest BCUT2D eigenvalue weighted by molar-refractivity contribution is 6.01. The van der Waals surface area contributed by atoms with Crippen molar-refractivity contribution in [3.8, 4) is 0 Å². The third-order valence-corrected chi connectivity index (χ3v) is 4.90. The maximum atomic E-state index is 13.0. The quantitative estimate of drug-likeness (QED) is 0.798. The maximum Gasteiger partial charge on any atom is 0.254 e. The molecule has 2 saturated heterocycles. The highest BCUT2D eigenvalue weighted by atomic mass is 35.5. The van der Waals surface area contributed by atoms with Crippen molar-refractivity contribution in [2.75, 3.05) is 24.6 Å². The Hall–Kier alpha value is -2.12. The molecular formula is C19H27ClN4O3. The number of anilines is 1. The van der Waals surface area contributed by atoms with Gasteiger partial charge in [0.15, 0.2) is 0 Å². The van der Waals surface area contributed by atoms with E-state index in [0.29, 0.717) is 11.3 Å². The smallest absolute Gasteiger partial charge is 0.254 e. The molecule has 1 aromatic rings. The molecule has 0 aromatic heterocycles. The third kappa shape index (κ3) is 4.99. The van der Waals surface area contributed by atoms with Crippen LogP contribution in [0.1, 0.15) is 49.4 Å². The molecule has 0 radical (unpaired) electrons. The zero-order valence-electron chi connectivity index (χ0n) is 15.6. The summed E-state index contributed by atoms with van der Waals surface area (Å²) in [6.45, 7) is 4.70. The van der Waals surface area contributed by atoms with Gasteiger partial charge in [-0.3, -0.25) is 19.8 Å². The van der Waals surface area contributed by atoms with Gasteiger partial charge in [-0.1, -0.05) is 6.92 Å². The van der Waals surface area contributed by atoms with Crippen molar-refractivity contribution in [1.82, 2.24) is 15.6 Å². The Morgan fingerprint density at radius 3 is 2.44 bits per heavy atom. The number of benzene rings is 1. The minimum absolute atomic E-state index is 0. The number of hydrazine groups is 1. The second-order valence-electron chi connectivity index (χ2n) is 6.79. The van der Waals surface area contributed by atoms with Crippen molar-refractivity contribution < 1.29 is 14.4 Å². The average molecular weight is 395 g/mol. The van der Waals surface area contributed by atoms with Gasteiger partial charge >= 0.3 is 0 Å². The van der Waals surface area contributed by atoms with Gasteiger partial charge < -0.3 is 10.2 Å². The molecule has 8 heteroatoms. The molecule has 27 heavy (non-hydrogen) atoms. The van der Waals surface area contributed by atoms with E-state index in [0.717, 1.165) is 38.9 Å². The van der Waals surface area contributed by atoms with Crippen LogP contribution in [0, 0.1) is 0 Å². The van der Waals surface area contributed by atoms with Gasteiger partial charge in [-0.05, 0) is 56.6 Å². The molecule has 0 unspecified atom stereocenters. The summed E-state index contributed by atoms with van der Waals surface area (Å²) >= 11 is 0. The normalized spacial score (nSPS) is 17.9. The molecule has 2 aliphatic heterocycles. The summed E-state index contributed by atoms with van der Waals surface area (Å²) in [5, 5.41) is 4.59. The zero-order chi connectivity index (χ0) is 18.5. The molecule has 0 atom stereocenters. The van der Waals surface area contributed by atoms with E-state index in [4.69, 9.17) is 0 Å². The van der Waals surface area contributed by atoms with Crippen LogP contribution in [0.25, 0.3) is 0 Å². The summed E-state index contributed by atoms with van der Waals surface area (Å²) in [6.07, 6.45) is 3.28. The topological polar surface area (TPSA) is 81.8 Å². The van der Waals surface area contributed by atoms with Crippen LogP contribution < -0.4 is 15.8 Å². The first-order valence-electron chi connectivity index (χ1n) is 9.34. The number of amides is 3. The Bertz CT molecular complexity index is 674. The standard InChI is InChI=1S/C19H26N4O3.ClH/c1-2-13-22(15-9-11-20-12-10-15)19(26)14-3-5-16(6-4-14)23-18(25)8-7-17(24)21-23;/h3-6,15,20H,2,7-13H2,1H3,(H,21,24);1H. The number of piperidine rings is 1. The molecule has 7 nitrogen and oxygen atoms in total. The molecule has 2 heterocycles. The lowest BCUT2D eigenvalue weighted by Gasteiger charge is -2.34. The first kappa shape index (κ1) is 21.2. The minimum Gasteiger partial charge on any atom is -0.336 e. The van der Waals surface area contributed by atoms with Gasteiger partial charge in [0.25, 0.3) is 5.91 Å². The summed E-state index contributed by atoms with van der Waals surface area (Å²) in [7, 11) is 0. The fraction of sp³-hybridized carbons (Fsp3) is 0.526. The fourth-order valence-electron chi connectivity index (χ4n) is 3.51. The van der Waals surface area contributed by atoms with Crippen molar-refractivity contribution in [2.45, 2.75) is 45.1 Å².